The lowest BCUT2D eigenvalue weighted by Gasteiger charge is -2.11. The number of anilines is 1. The molecule has 2 heterocycles. The van der Waals surface area contributed by atoms with Crippen LogP contribution in [0.15, 0.2) is 97.2 Å². The topological polar surface area (TPSA) is 54.9 Å². The standard InChI is InChI=1S/C25H17N3O/c29-25(27-19-13-12-18-9-6-14-26-23(18)15-19)21-16-24(17-7-2-1-3-8-17)28-22-11-5-4-10-20(21)22/h1-16H,(H,27,29). The lowest BCUT2D eigenvalue weighted by molar-refractivity contribution is 0.102. The van der Waals surface area contributed by atoms with Gasteiger partial charge in [-0.25, -0.2) is 4.98 Å². The summed E-state index contributed by atoms with van der Waals surface area (Å²) in [5.74, 6) is -0.170. The maximum absolute atomic E-state index is 13.2. The Morgan fingerprint density at radius 3 is 2.48 bits per heavy atom. The third-order valence-corrected chi connectivity index (χ3v) is 4.89. The Labute approximate surface area is 167 Å². The van der Waals surface area contributed by atoms with Crippen LogP contribution in [-0.4, -0.2) is 15.9 Å². The smallest absolute Gasteiger partial charge is 0.256 e. The number of carbonyl (C=O) groups excluding carboxylic acids is 1. The summed E-state index contributed by atoms with van der Waals surface area (Å²) in [5, 5.41) is 4.87. The largest absolute Gasteiger partial charge is 0.322 e. The summed E-state index contributed by atoms with van der Waals surface area (Å²) < 4.78 is 0. The molecule has 0 atom stereocenters. The van der Waals surface area contributed by atoms with Gasteiger partial charge in [0.1, 0.15) is 0 Å². The molecule has 0 aliphatic carbocycles. The maximum Gasteiger partial charge on any atom is 0.256 e. The van der Waals surface area contributed by atoms with Crippen molar-refractivity contribution in [3.63, 3.8) is 0 Å². The van der Waals surface area contributed by atoms with Crippen molar-refractivity contribution in [2.24, 2.45) is 0 Å². The van der Waals surface area contributed by atoms with Crippen LogP contribution >= 0.6 is 0 Å². The molecule has 0 fully saturated rings. The van der Waals surface area contributed by atoms with Gasteiger partial charge in [0.2, 0.25) is 0 Å². The van der Waals surface area contributed by atoms with Crippen LogP contribution in [-0.2, 0) is 0 Å². The molecule has 0 aliphatic heterocycles. The second kappa shape index (κ2) is 7.17. The molecule has 0 bridgehead atoms. The van der Waals surface area contributed by atoms with E-state index in [1.807, 2.05) is 91.0 Å². The lowest BCUT2D eigenvalue weighted by Crippen LogP contribution is -2.13. The van der Waals surface area contributed by atoms with E-state index in [1.54, 1.807) is 6.20 Å². The van der Waals surface area contributed by atoms with Gasteiger partial charge in [0, 0.05) is 28.2 Å². The molecule has 0 aliphatic rings. The van der Waals surface area contributed by atoms with E-state index in [4.69, 9.17) is 4.98 Å². The number of amides is 1. The van der Waals surface area contributed by atoms with E-state index < -0.39 is 0 Å². The van der Waals surface area contributed by atoms with Crippen molar-refractivity contribution in [3.05, 3.63) is 103 Å². The van der Waals surface area contributed by atoms with Crippen LogP contribution in [0, 0.1) is 0 Å². The molecule has 0 spiro atoms. The highest BCUT2D eigenvalue weighted by Crippen LogP contribution is 2.26. The number of nitrogens with zero attached hydrogens (tertiary/aromatic N) is 2. The number of benzene rings is 3. The number of fused-ring (bicyclic) bond motifs is 2. The Balaban J connectivity index is 1.58. The number of carbonyl (C=O) groups is 1. The SMILES string of the molecule is O=C(Nc1ccc2cccnc2c1)c1cc(-c2ccccc2)nc2ccccc12. The first-order valence-electron chi connectivity index (χ1n) is 9.39. The van der Waals surface area contributed by atoms with Gasteiger partial charge in [-0.3, -0.25) is 9.78 Å². The lowest BCUT2D eigenvalue weighted by atomic mass is 10.0. The molecule has 5 aromatic rings. The molecule has 3 aromatic carbocycles. The fraction of sp³-hybridized carbons (Fsp3) is 0. The van der Waals surface area contributed by atoms with Gasteiger partial charge in [0.25, 0.3) is 5.91 Å². The van der Waals surface area contributed by atoms with Gasteiger partial charge < -0.3 is 5.32 Å². The molecule has 0 saturated carbocycles. The van der Waals surface area contributed by atoms with E-state index in [2.05, 4.69) is 10.3 Å². The van der Waals surface area contributed by atoms with Crippen LogP contribution in [0.1, 0.15) is 10.4 Å². The van der Waals surface area contributed by atoms with E-state index >= 15 is 0 Å². The van der Waals surface area contributed by atoms with Crippen molar-refractivity contribution >= 4 is 33.4 Å². The Hall–Kier alpha value is -4.05. The zero-order valence-corrected chi connectivity index (χ0v) is 15.5. The summed E-state index contributed by atoms with van der Waals surface area (Å²) in [6, 6.07) is 29.1. The zero-order valence-electron chi connectivity index (χ0n) is 15.5. The highest BCUT2D eigenvalue weighted by molar-refractivity contribution is 6.13. The van der Waals surface area contributed by atoms with Crippen molar-refractivity contribution in [2.45, 2.75) is 0 Å². The summed E-state index contributed by atoms with van der Waals surface area (Å²) >= 11 is 0. The first-order valence-corrected chi connectivity index (χ1v) is 9.39. The average Bonchev–Trinajstić information content (AvgIpc) is 2.79. The van der Waals surface area contributed by atoms with Crippen molar-refractivity contribution in [1.29, 1.82) is 0 Å². The molecule has 0 radical (unpaired) electrons. The van der Waals surface area contributed by atoms with Gasteiger partial charge in [-0.05, 0) is 30.3 Å². The number of rotatable bonds is 3. The van der Waals surface area contributed by atoms with E-state index in [-0.39, 0.29) is 5.91 Å². The molecule has 138 valence electrons. The van der Waals surface area contributed by atoms with Crippen LogP contribution in [0.25, 0.3) is 33.1 Å². The number of hydrogen-bond donors (Lipinski definition) is 1. The minimum Gasteiger partial charge on any atom is -0.322 e. The second-order valence-corrected chi connectivity index (χ2v) is 6.80. The quantitative estimate of drug-likeness (QED) is 0.440. The molecule has 1 amide bonds. The predicted octanol–water partition coefficient (Wildman–Crippen LogP) is 5.70. The fourth-order valence-corrected chi connectivity index (χ4v) is 3.46. The minimum atomic E-state index is -0.170. The zero-order chi connectivity index (χ0) is 19.6. The third kappa shape index (κ3) is 3.32. The summed E-state index contributed by atoms with van der Waals surface area (Å²) in [6.07, 6.45) is 1.75. The van der Waals surface area contributed by atoms with Crippen LogP contribution in [0.3, 0.4) is 0 Å². The van der Waals surface area contributed by atoms with Gasteiger partial charge in [-0.2, -0.15) is 0 Å². The number of para-hydroxylation sites is 1. The Morgan fingerprint density at radius 1 is 0.759 bits per heavy atom. The third-order valence-electron chi connectivity index (χ3n) is 4.89. The number of pyridine rings is 2. The molecule has 1 N–H and O–H groups in total. The van der Waals surface area contributed by atoms with Gasteiger partial charge in [-0.15, -0.1) is 0 Å². The molecule has 2 aromatic heterocycles. The first kappa shape index (κ1) is 17.1. The maximum atomic E-state index is 13.2. The van der Waals surface area contributed by atoms with E-state index in [1.165, 1.54) is 0 Å². The normalized spacial score (nSPS) is 10.9. The number of aromatic nitrogens is 2. The van der Waals surface area contributed by atoms with Crippen LogP contribution < -0.4 is 5.32 Å². The van der Waals surface area contributed by atoms with Crippen LogP contribution in [0.2, 0.25) is 0 Å². The Morgan fingerprint density at radius 2 is 1.59 bits per heavy atom. The van der Waals surface area contributed by atoms with Gasteiger partial charge in [0.05, 0.1) is 22.3 Å². The highest BCUT2D eigenvalue weighted by Gasteiger charge is 2.14. The highest BCUT2D eigenvalue weighted by atomic mass is 16.1. The summed E-state index contributed by atoms with van der Waals surface area (Å²) in [4.78, 5) is 22.3. The van der Waals surface area contributed by atoms with Crippen molar-refractivity contribution < 1.29 is 4.79 Å². The summed E-state index contributed by atoms with van der Waals surface area (Å²) in [7, 11) is 0. The molecule has 4 heteroatoms. The van der Waals surface area contributed by atoms with Crippen molar-refractivity contribution in [3.8, 4) is 11.3 Å². The number of nitrogens with one attached hydrogen (secondary N) is 1. The molecular weight excluding hydrogens is 358 g/mol. The molecule has 0 unspecified atom stereocenters. The molecule has 4 nitrogen and oxygen atoms in total. The van der Waals surface area contributed by atoms with Gasteiger partial charge in [0.15, 0.2) is 0 Å². The second-order valence-electron chi connectivity index (χ2n) is 6.80. The number of hydrogen-bond acceptors (Lipinski definition) is 3. The van der Waals surface area contributed by atoms with Crippen LogP contribution in [0.5, 0.6) is 0 Å². The molecule has 5 rings (SSSR count). The average molecular weight is 375 g/mol. The molecule has 29 heavy (non-hydrogen) atoms. The summed E-state index contributed by atoms with van der Waals surface area (Å²) in [6.45, 7) is 0. The van der Waals surface area contributed by atoms with Crippen molar-refractivity contribution in [1.82, 2.24) is 9.97 Å². The minimum absolute atomic E-state index is 0.170. The van der Waals surface area contributed by atoms with E-state index in [0.717, 1.165) is 33.1 Å². The van der Waals surface area contributed by atoms with Gasteiger partial charge >= 0.3 is 0 Å². The van der Waals surface area contributed by atoms with Gasteiger partial charge in [-0.1, -0.05) is 60.7 Å². The van der Waals surface area contributed by atoms with Crippen LogP contribution in [0.4, 0.5) is 5.69 Å². The predicted molar refractivity (Wildman–Crippen MR) is 117 cm³/mol. The Kier molecular flexibility index (Phi) is 4.22. The van der Waals surface area contributed by atoms with E-state index in [0.29, 0.717) is 11.3 Å². The molecular formula is C25H17N3O. The first-order chi connectivity index (χ1) is 14.3. The van der Waals surface area contributed by atoms with E-state index in [9.17, 15) is 4.79 Å². The Bertz CT molecular complexity index is 1350. The summed E-state index contributed by atoms with van der Waals surface area (Å²) in [5.41, 5.74) is 4.69. The molecule has 0 saturated heterocycles. The van der Waals surface area contributed by atoms with Crippen molar-refractivity contribution in [2.75, 3.05) is 5.32 Å². The fourth-order valence-electron chi connectivity index (χ4n) is 3.46. The monoisotopic (exact) mass is 375 g/mol.